The van der Waals surface area contributed by atoms with E-state index in [0.29, 0.717) is 0 Å². The number of carbonyl (C=O) groups is 1. The summed E-state index contributed by atoms with van der Waals surface area (Å²) in [6.07, 6.45) is 11.1. The maximum absolute atomic E-state index is 10.9. The smallest absolute Gasteiger partial charge is 0.302 e. The number of esters is 1. The van der Waals surface area contributed by atoms with Gasteiger partial charge in [-0.15, -0.1) is 0 Å². The summed E-state index contributed by atoms with van der Waals surface area (Å²) in [5, 5.41) is 0. The van der Waals surface area contributed by atoms with Gasteiger partial charge in [-0.3, -0.25) is 4.79 Å². The second-order valence-corrected chi connectivity index (χ2v) is 4.74. The molecule has 0 aromatic heterocycles. The van der Waals surface area contributed by atoms with E-state index in [1.54, 1.807) is 18.2 Å². The van der Waals surface area contributed by atoms with Crippen LogP contribution in [-0.2, 0) is 9.53 Å². The zero-order valence-corrected chi connectivity index (χ0v) is 13.6. The Labute approximate surface area is 133 Å². The summed E-state index contributed by atoms with van der Waals surface area (Å²) >= 11 is 5.35. The molecule has 0 amide bonds. The maximum Gasteiger partial charge on any atom is 0.302 e. The largest absolute Gasteiger partial charge is 0.463 e. The van der Waals surface area contributed by atoms with Gasteiger partial charge in [0.05, 0.1) is 0 Å². The summed E-state index contributed by atoms with van der Waals surface area (Å²) in [6, 6.07) is 0. The normalized spacial score (nSPS) is 11.6. The van der Waals surface area contributed by atoms with Crippen LogP contribution < -0.4 is 0 Å². The molecule has 0 heterocycles. The molecule has 0 unspecified atom stereocenters. The van der Waals surface area contributed by atoms with Crippen LogP contribution in [-0.4, -0.2) is 12.1 Å². The van der Waals surface area contributed by atoms with E-state index >= 15 is 0 Å². The number of halogens is 1. The number of hydrogen-bond acceptors (Lipinski definition) is 2. The molecule has 0 aliphatic heterocycles. The summed E-state index contributed by atoms with van der Waals surface area (Å²) < 4.78 is 5.19. The van der Waals surface area contributed by atoms with Gasteiger partial charge in [0.15, 0.2) is 0 Å². The third-order valence-electron chi connectivity index (χ3n) is 2.70. The van der Waals surface area contributed by atoms with Crippen molar-refractivity contribution in [3.8, 4) is 23.7 Å². The van der Waals surface area contributed by atoms with Gasteiger partial charge in [0, 0.05) is 18.9 Å². The lowest BCUT2D eigenvalue weighted by Crippen LogP contribution is -2.14. The molecule has 0 aromatic carbocycles. The van der Waals surface area contributed by atoms with Gasteiger partial charge < -0.3 is 4.74 Å². The standard InChI is InChI=1S/C18H23ClO2/c1-3-18(21-17(2)20)15-13-11-9-7-5-4-6-8-10-12-14-16-19/h10,12,14,16,18H,3,7,9,11,13,15H2,1-2H3/b12-10+,16-14-/t18-/m0/s1. The van der Waals surface area contributed by atoms with E-state index in [1.807, 2.05) is 6.92 Å². The van der Waals surface area contributed by atoms with Crippen molar-refractivity contribution < 1.29 is 9.53 Å². The highest BCUT2D eigenvalue weighted by molar-refractivity contribution is 6.25. The number of ether oxygens (including phenoxy) is 1. The molecule has 0 saturated carbocycles. The Balaban J connectivity index is 3.66. The molecule has 0 fully saturated rings. The van der Waals surface area contributed by atoms with E-state index in [-0.39, 0.29) is 12.1 Å². The van der Waals surface area contributed by atoms with E-state index < -0.39 is 0 Å². The maximum atomic E-state index is 10.9. The quantitative estimate of drug-likeness (QED) is 0.284. The Bertz CT molecular complexity index is 455. The predicted molar refractivity (Wildman–Crippen MR) is 88.6 cm³/mol. The zero-order valence-electron chi connectivity index (χ0n) is 12.8. The molecular weight excluding hydrogens is 284 g/mol. The molecule has 3 heteroatoms. The Morgan fingerprint density at radius 1 is 1.24 bits per heavy atom. The van der Waals surface area contributed by atoms with Crippen LogP contribution in [0, 0.1) is 23.7 Å². The van der Waals surface area contributed by atoms with Crippen molar-refractivity contribution in [1.29, 1.82) is 0 Å². The Kier molecular flexibility index (Phi) is 13.6. The van der Waals surface area contributed by atoms with Gasteiger partial charge in [-0.2, -0.15) is 0 Å². The summed E-state index contributed by atoms with van der Waals surface area (Å²) in [6.45, 7) is 3.50. The van der Waals surface area contributed by atoms with Crippen molar-refractivity contribution in [1.82, 2.24) is 0 Å². The minimum Gasteiger partial charge on any atom is -0.463 e. The van der Waals surface area contributed by atoms with Gasteiger partial charge >= 0.3 is 5.97 Å². The van der Waals surface area contributed by atoms with Gasteiger partial charge in [0.1, 0.15) is 6.10 Å². The Hall–Kier alpha value is -1.64. The van der Waals surface area contributed by atoms with Crippen LogP contribution in [0.3, 0.4) is 0 Å². The van der Waals surface area contributed by atoms with E-state index in [1.165, 1.54) is 12.5 Å². The molecule has 0 spiro atoms. The van der Waals surface area contributed by atoms with Crippen LogP contribution >= 0.6 is 11.6 Å². The molecule has 2 nitrogen and oxygen atoms in total. The average Bonchev–Trinajstić information content (AvgIpc) is 2.46. The van der Waals surface area contributed by atoms with Crippen LogP contribution in [0.4, 0.5) is 0 Å². The van der Waals surface area contributed by atoms with Gasteiger partial charge in [-0.25, -0.2) is 0 Å². The van der Waals surface area contributed by atoms with Crippen molar-refractivity contribution >= 4 is 17.6 Å². The molecule has 21 heavy (non-hydrogen) atoms. The molecule has 114 valence electrons. The zero-order chi connectivity index (χ0) is 15.8. The van der Waals surface area contributed by atoms with E-state index in [0.717, 1.165) is 38.5 Å². The van der Waals surface area contributed by atoms with Gasteiger partial charge in [-0.1, -0.05) is 48.9 Å². The second-order valence-electron chi connectivity index (χ2n) is 4.49. The average molecular weight is 307 g/mol. The molecule has 0 saturated heterocycles. The lowest BCUT2D eigenvalue weighted by atomic mass is 10.1. The lowest BCUT2D eigenvalue weighted by molar-refractivity contribution is -0.146. The third-order valence-corrected chi connectivity index (χ3v) is 2.85. The molecular formula is C18H23ClO2. The van der Waals surface area contributed by atoms with Crippen molar-refractivity contribution in [3.63, 3.8) is 0 Å². The topological polar surface area (TPSA) is 26.3 Å². The first-order valence-electron chi connectivity index (χ1n) is 7.28. The minimum absolute atomic E-state index is 0.0632. The molecule has 0 aliphatic carbocycles. The first-order chi connectivity index (χ1) is 10.2. The number of carbonyl (C=O) groups excluding carboxylic acids is 1. The van der Waals surface area contributed by atoms with Crippen molar-refractivity contribution in [2.75, 3.05) is 0 Å². The van der Waals surface area contributed by atoms with Gasteiger partial charge in [-0.05, 0) is 43.6 Å². The van der Waals surface area contributed by atoms with E-state index in [9.17, 15) is 4.79 Å². The molecule has 0 aromatic rings. The van der Waals surface area contributed by atoms with Gasteiger partial charge in [0.2, 0.25) is 0 Å². The van der Waals surface area contributed by atoms with Crippen LogP contribution in [0.2, 0.25) is 0 Å². The fourth-order valence-electron chi connectivity index (χ4n) is 1.67. The first kappa shape index (κ1) is 19.4. The van der Waals surface area contributed by atoms with E-state index in [4.69, 9.17) is 16.3 Å². The summed E-state index contributed by atoms with van der Waals surface area (Å²) in [4.78, 5) is 10.9. The van der Waals surface area contributed by atoms with Crippen molar-refractivity contribution in [2.45, 2.75) is 58.5 Å². The molecule has 0 radical (unpaired) electrons. The molecule has 1 atom stereocenters. The minimum atomic E-state index is -0.193. The fourth-order valence-corrected chi connectivity index (χ4v) is 1.76. The third kappa shape index (κ3) is 14.6. The lowest BCUT2D eigenvalue weighted by Gasteiger charge is -2.14. The molecule has 0 aliphatic rings. The Morgan fingerprint density at radius 2 is 2.05 bits per heavy atom. The second kappa shape index (κ2) is 14.8. The summed E-state index contributed by atoms with van der Waals surface area (Å²) in [5.74, 6) is 11.2. The molecule has 0 bridgehead atoms. The molecule has 0 rings (SSSR count). The van der Waals surface area contributed by atoms with Crippen molar-refractivity contribution in [3.05, 3.63) is 23.8 Å². The number of unbranched alkanes of at least 4 members (excludes halogenated alkanes) is 3. The van der Waals surface area contributed by atoms with E-state index in [2.05, 4.69) is 23.7 Å². The molecule has 0 N–H and O–H groups in total. The number of hydrogen-bond donors (Lipinski definition) is 0. The number of rotatable bonds is 8. The van der Waals surface area contributed by atoms with Crippen LogP contribution in [0.1, 0.15) is 52.4 Å². The number of allylic oxidation sites excluding steroid dienone is 3. The van der Waals surface area contributed by atoms with Crippen LogP contribution in [0.15, 0.2) is 23.8 Å². The first-order valence-corrected chi connectivity index (χ1v) is 7.71. The highest BCUT2D eigenvalue weighted by Crippen LogP contribution is 2.11. The van der Waals surface area contributed by atoms with Gasteiger partial charge in [0.25, 0.3) is 0 Å². The highest BCUT2D eigenvalue weighted by atomic mass is 35.5. The monoisotopic (exact) mass is 306 g/mol. The highest BCUT2D eigenvalue weighted by Gasteiger charge is 2.08. The predicted octanol–water partition coefficient (Wildman–Crippen LogP) is 4.59. The summed E-state index contributed by atoms with van der Waals surface area (Å²) in [7, 11) is 0. The fraction of sp³-hybridized carbons (Fsp3) is 0.500. The van der Waals surface area contributed by atoms with Crippen LogP contribution in [0.25, 0.3) is 0 Å². The van der Waals surface area contributed by atoms with Crippen LogP contribution in [0.5, 0.6) is 0 Å². The summed E-state index contributed by atoms with van der Waals surface area (Å²) in [5.41, 5.74) is 1.43. The van der Waals surface area contributed by atoms with Crippen molar-refractivity contribution in [2.24, 2.45) is 0 Å². The SMILES string of the molecule is CC[C@@H](CCCCCC#CC#C/C=C/C=C\Cl)OC(C)=O. The Morgan fingerprint density at radius 3 is 2.71 bits per heavy atom.